The van der Waals surface area contributed by atoms with E-state index in [1.54, 1.807) is 24.3 Å². The van der Waals surface area contributed by atoms with Crippen LogP contribution in [-0.4, -0.2) is 15.9 Å². The van der Waals surface area contributed by atoms with Crippen molar-refractivity contribution in [3.63, 3.8) is 0 Å². The predicted octanol–water partition coefficient (Wildman–Crippen LogP) is 5.14. The SMILES string of the molecule is O=C(Nc1cccc(Cl)c1)c1cc(Nc2ccccc2C(F)(F)F)ncn1. The van der Waals surface area contributed by atoms with Crippen molar-refractivity contribution in [2.24, 2.45) is 0 Å². The quantitative estimate of drug-likeness (QED) is 0.644. The molecule has 5 nitrogen and oxygen atoms in total. The first-order valence-corrected chi connectivity index (χ1v) is 8.03. The number of aromatic nitrogens is 2. The van der Waals surface area contributed by atoms with Crippen molar-refractivity contribution in [3.05, 3.63) is 77.2 Å². The number of nitrogens with one attached hydrogen (secondary N) is 2. The lowest BCUT2D eigenvalue weighted by Gasteiger charge is -2.14. The molecule has 0 fully saturated rings. The zero-order chi connectivity index (χ0) is 19.4. The minimum absolute atomic E-state index is 0.0167. The Morgan fingerprint density at radius 1 is 1.00 bits per heavy atom. The van der Waals surface area contributed by atoms with Crippen molar-refractivity contribution in [3.8, 4) is 0 Å². The highest BCUT2D eigenvalue weighted by molar-refractivity contribution is 6.30. The summed E-state index contributed by atoms with van der Waals surface area (Å²) in [6, 6.07) is 12.8. The third kappa shape index (κ3) is 4.73. The lowest BCUT2D eigenvalue weighted by molar-refractivity contribution is -0.136. The minimum Gasteiger partial charge on any atom is -0.340 e. The summed E-state index contributed by atoms with van der Waals surface area (Å²) in [7, 11) is 0. The third-order valence-corrected chi connectivity index (χ3v) is 3.71. The molecule has 0 atom stereocenters. The molecule has 27 heavy (non-hydrogen) atoms. The molecule has 1 heterocycles. The molecule has 0 spiro atoms. The maximum absolute atomic E-state index is 13.1. The molecule has 138 valence electrons. The van der Waals surface area contributed by atoms with E-state index in [9.17, 15) is 18.0 Å². The zero-order valence-electron chi connectivity index (χ0n) is 13.6. The molecule has 3 rings (SSSR count). The van der Waals surface area contributed by atoms with Crippen LogP contribution in [0.15, 0.2) is 60.9 Å². The van der Waals surface area contributed by atoms with Crippen LogP contribution in [0, 0.1) is 0 Å². The van der Waals surface area contributed by atoms with Gasteiger partial charge in [0.2, 0.25) is 0 Å². The summed E-state index contributed by atoms with van der Waals surface area (Å²) in [5.74, 6) is -0.496. The molecule has 0 aliphatic rings. The number of nitrogens with zero attached hydrogens (tertiary/aromatic N) is 2. The van der Waals surface area contributed by atoms with E-state index >= 15 is 0 Å². The molecule has 0 saturated heterocycles. The van der Waals surface area contributed by atoms with Crippen LogP contribution in [0.1, 0.15) is 16.1 Å². The maximum atomic E-state index is 13.1. The average molecular weight is 393 g/mol. The highest BCUT2D eigenvalue weighted by atomic mass is 35.5. The van der Waals surface area contributed by atoms with Gasteiger partial charge in [0.1, 0.15) is 17.8 Å². The molecule has 1 aromatic heterocycles. The van der Waals surface area contributed by atoms with E-state index in [4.69, 9.17) is 11.6 Å². The molecule has 0 saturated carbocycles. The van der Waals surface area contributed by atoms with Gasteiger partial charge in [0.25, 0.3) is 5.91 Å². The van der Waals surface area contributed by atoms with E-state index in [1.807, 2.05) is 0 Å². The largest absolute Gasteiger partial charge is 0.418 e. The second-order valence-corrected chi connectivity index (χ2v) is 5.86. The highest BCUT2D eigenvalue weighted by Crippen LogP contribution is 2.35. The van der Waals surface area contributed by atoms with E-state index < -0.39 is 17.6 Å². The average Bonchev–Trinajstić information content (AvgIpc) is 2.61. The molecule has 3 aromatic rings. The molecule has 0 aliphatic heterocycles. The Morgan fingerprint density at radius 2 is 1.78 bits per heavy atom. The van der Waals surface area contributed by atoms with Crippen molar-refractivity contribution < 1.29 is 18.0 Å². The van der Waals surface area contributed by atoms with Crippen LogP contribution in [0.2, 0.25) is 5.02 Å². The second kappa shape index (κ2) is 7.63. The third-order valence-electron chi connectivity index (χ3n) is 3.48. The summed E-state index contributed by atoms with van der Waals surface area (Å²) in [5.41, 5.74) is -0.571. The Hall–Kier alpha value is -3.13. The predicted molar refractivity (Wildman–Crippen MR) is 96.2 cm³/mol. The van der Waals surface area contributed by atoms with Crippen LogP contribution in [-0.2, 0) is 6.18 Å². The van der Waals surface area contributed by atoms with Crippen molar-refractivity contribution in [2.75, 3.05) is 10.6 Å². The molecule has 0 radical (unpaired) electrons. The van der Waals surface area contributed by atoms with Gasteiger partial charge in [0, 0.05) is 16.8 Å². The maximum Gasteiger partial charge on any atom is 0.418 e. The number of anilines is 3. The number of hydrogen-bond acceptors (Lipinski definition) is 4. The van der Waals surface area contributed by atoms with Gasteiger partial charge in [0.15, 0.2) is 0 Å². The van der Waals surface area contributed by atoms with E-state index in [0.29, 0.717) is 10.7 Å². The van der Waals surface area contributed by atoms with E-state index in [-0.39, 0.29) is 17.2 Å². The van der Waals surface area contributed by atoms with Gasteiger partial charge >= 0.3 is 6.18 Å². The smallest absolute Gasteiger partial charge is 0.340 e. The van der Waals surface area contributed by atoms with Crippen LogP contribution in [0.3, 0.4) is 0 Å². The first-order chi connectivity index (χ1) is 12.8. The first kappa shape index (κ1) is 18.7. The highest BCUT2D eigenvalue weighted by Gasteiger charge is 2.33. The van der Waals surface area contributed by atoms with Crippen LogP contribution in [0.25, 0.3) is 0 Å². The summed E-state index contributed by atoms with van der Waals surface area (Å²) < 4.78 is 39.3. The fourth-order valence-electron chi connectivity index (χ4n) is 2.29. The van der Waals surface area contributed by atoms with Gasteiger partial charge < -0.3 is 10.6 Å². The Bertz CT molecular complexity index is 979. The normalized spacial score (nSPS) is 11.1. The number of benzene rings is 2. The molecule has 2 aromatic carbocycles. The Labute approximate surface area is 157 Å². The van der Waals surface area contributed by atoms with Crippen molar-refractivity contribution in [1.29, 1.82) is 0 Å². The van der Waals surface area contributed by atoms with E-state index in [1.165, 1.54) is 24.3 Å². The van der Waals surface area contributed by atoms with Gasteiger partial charge in [-0.25, -0.2) is 9.97 Å². The summed E-state index contributed by atoms with van der Waals surface area (Å²) in [6.07, 6.45) is -3.44. The number of carbonyl (C=O) groups excluding carboxylic acids is 1. The first-order valence-electron chi connectivity index (χ1n) is 7.65. The standard InChI is InChI=1S/C18H12ClF3N4O/c19-11-4-3-5-12(8-11)25-17(27)15-9-16(24-10-23-15)26-14-7-2-1-6-13(14)18(20,21)22/h1-10H,(H,25,27)(H,23,24,26). The molecule has 1 amide bonds. The number of alkyl halides is 3. The number of halogens is 4. The van der Waals surface area contributed by atoms with Crippen molar-refractivity contribution in [2.45, 2.75) is 6.18 Å². The van der Waals surface area contributed by atoms with Gasteiger partial charge in [-0.2, -0.15) is 13.2 Å². The topological polar surface area (TPSA) is 66.9 Å². The van der Waals surface area contributed by atoms with Gasteiger partial charge in [-0.05, 0) is 30.3 Å². The monoisotopic (exact) mass is 392 g/mol. The molecule has 0 unspecified atom stereocenters. The lowest BCUT2D eigenvalue weighted by Crippen LogP contribution is -2.14. The molecule has 0 aliphatic carbocycles. The fourth-order valence-corrected chi connectivity index (χ4v) is 2.48. The van der Waals surface area contributed by atoms with Gasteiger partial charge in [-0.3, -0.25) is 4.79 Å². The van der Waals surface area contributed by atoms with Crippen molar-refractivity contribution >= 4 is 34.7 Å². The Morgan fingerprint density at radius 3 is 2.52 bits per heavy atom. The Balaban J connectivity index is 1.81. The van der Waals surface area contributed by atoms with Gasteiger partial charge in [0.05, 0.1) is 11.3 Å². The lowest BCUT2D eigenvalue weighted by atomic mass is 10.1. The molecule has 0 bridgehead atoms. The van der Waals surface area contributed by atoms with Gasteiger partial charge in [-0.15, -0.1) is 0 Å². The number of para-hydroxylation sites is 1. The van der Waals surface area contributed by atoms with Gasteiger partial charge in [-0.1, -0.05) is 29.8 Å². The van der Waals surface area contributed by atoms with Crippen LogP contribution >= 0.6 is 11.6 Å². The number of carbonyl (C=O) groups is 1. The number of rotatable bonds is 4. The number of amides is 1. The van der Waals surface area contributed by atoms with E-state index in [2.05, 4.69) is 20.6 Å². The zero-order valence-corrected chi connectivity index (χ0v) is 14.3. The molecule has 2 N–H and O–H groups in total. The molecular formula is C18H12ClF3N4O. The summed E-state index contributed by atoms with van der Waals surface area (Å²) in [6.45, 7) is 0. The fraction of sp³-hybridized carbons (Fsp3) is 0.0556. The minimum atomic E-state index is -4.52. The summed E-state index contributed by atoms with van der Waals surface area (Å²) >= 11 is 5.86. The Kier molecular flexibility index (Phi) is 5.27. The molecular weight excluding hydrogens is 381 g/mol. The van der Waals surface area contributed by atoms with Crippen LogP contribution < -0.4 is 10.6 Å². The summed E-state index contributed by atoms with van der Waals surface area (Å²) in [5, 5.41) is 5.63. The van der Waals surface area contributed by atoms with Crippen molar-refractivity contribution in [1.82, 2.24) is 9.97 Å². The van der Waals surface area contributed by atoms with E-state index in [0.717, 1.165) is 12.4 Å². The summed E-state index contributed by atoms with van der Waals surface area (Å²) in [4.78, 5) is 20.0. The second-order valence-electron chi connectivity index (χ2n) is 5.42. The van der Waals surface area contributed by atoms with Crippen LogP contribution in [0.5, 0.6) is 0 Å². The molecule has 9 heteroatoms. The van der Waals surface area contributed by atoms with Crippen LogP contribution in [0.4, 0.5) is 30.4 Å². The number of hydrogen-bond donors (Lipinski definition) is 2.